The van der Waals surface area contributed by atoms with Crippen molar-refractivity contribution in [3.05, 3.63) is 108 Å². The lowest BCUT2D eigenvalue weighted by molar-refractivity contribution is -0.150. The van der Waals surface area contributed by atoms with Gasteiger partial charge in [-0.3, -0.25) is 0 Å². The topological polar surface area (TPSA) is 80.3 Å². The predicted octanol–water partition coefficient (Wildman–Crippen LogP) is 4.58. The van der Waals surface area contributed by atoms with E-state index in [-0.39, 0.29) is 0 Å². The highest BCUT2D eigenvalue weighted by Gasteiger charge is 2.43. The maximum absolute atomic E-state index is 13.6. The van der Waals surface area contributed by atoms with Crippen LogP contribution in [0.1, 0.15) is 0 Å². The quantitative estimate of drug-likeness (QED) is 0.153. The average Bonchev–Trinajstić information content (AvgIpc) is 3.31. The van der Waals surface area contributed by atoms with Crippen LogP contribution in [0.4, 0.5) is 0 Å². The number of methoxy groups -OCH3 is 4. The Morgan fingerprint density at radius 1 is 0.415 bits per heavy atom. The maximum Gasteiger partial charge on any atom is 0.348 e. The van der Waals surface area contributed by atoms with Crippen LogP contribution in [0.3, 0.4) is 0 Å². The second-order valence-corrected chi connectivity index (χ2v) is 13.1. The lowest BCUT2D eigenvalue weighted by atomic mass is 10.3. The zero-order valence-electron chi connectivity index (χ0n) is 23.0. The minimum Gasteiger partial charge on any atom is -0.497 e. The zero-order valence-corrected chi connectivity index (χ0v) is 24.8. The molecule has 41 heavy (non-hydrogen) atoms. The monoisotopic (exact) mass is 586 g/mol. The second-order valence-electron chi connectivity index (χ2n) is 8.84. The summed E-state index contributed by atoms with van der Waals surface area (Å²) in [5.74, 6) is 1.51. The molecule has 0 bridgehead atoms. The lowest BCUT2D eigenvalue weighted by Crippen LogP contribution is -2.19. The van der Waals surface area contributed by atoms with Gasteiger partial charge in [0.2, 0.25) is 0 Å². The summed E-state index contributed by atoms with van der Waals surface area (Å²) in [6.45, 7) is 0. The summed E-state index contributed by atoms with van der Waals surface area (Å²) in [6, 6.07) is 30.3. The summed E-state index contributed by atoms with van der Waals surface area (Å²) < 4.78 is 26.9. The molecular formula is C32H28O7P2. The van der Waals surface area contributed by atoms with Crippen LogP contribution in [-0.4, -0.2) is 40.4 Å². The molecule has 4 aromatic rings. The van der Waals surface area contributed by atoms with Gasteiger partial charge in [0.25, 0.3) is 0 Å². The highest BCUT2D eigenvalue weighted by molar-refractivity contribution is 7.82. The molecule has 0 aliphatic carbocycles. The van der Waals surface area contributed by atoms with Crippen LogP contribution in [0.2, 0.25) is 0 Å². The smallest absolute Gasteiger partial charge is 0.348 e. The number of cyclic esters (lactones) is 2. The molecule has 0 spiro atoms. The Hall–Kier alpha value is -4.18. The van der Waals surface area contributed by atoms with Crippen LogP contribution in [0.5, 0.6) is 23.0 Å². The number of hydrogen-bond acceptors (Lipinski definition) is 7. The molecule has 7 nitrogen and oxygen atoms in total. The van der Waals surface area contributed by atoms with Crippen LogP contribution in [0, 0.1) is 0 Å². The molecule has 0 N–H and O–H groups in total. The van der Waals surface area contributed by atoms with E-state index in [2.05, 4.69) is 0 Å². The summed E-state index contributed by atoms with van der Waals surface area (Å²) in [5, 5.41) is 4.26. The van der Waals surface area contributed by atoms with E-state index in [0.29, 0.717) is 33.6 Å². The van der Waals surface area contributed by atoms with E-state index >= 15 is 0 Å². The summed E-state index contributed by atoms with van der Waals surface area (Å²) in [4.78, 5) is 27.3. The van der Waals surface area contributed by atoms with Crippen LogP contribution in [0.15, 0.2) is 108 Å². The van der Waals surface area contributed by atoms with Gasteiger partial charge in [-0.15, -0.1) is 0 Å². The summed E-state index contributed by atoms with van der Waals surface area (Å²) in [6.07, 6.45) is 0. The highest BCUT2D eigenvalue weighted by atomic mass is 31.1. The van der Waals surface area contributed by atoms with Gasteiger partial charge >= 0.3 is 11.9 Å². The van der Waals surface area contributed by atoms with E-state index < -0.39 is 27.8 Å². The number of carbonyl (C=O) groups is 2. The van der Waals surface area contributed by atoms with Gasteiger partial charge in [0.1, 0.15) is 23.0 Å². The van der Waals surface area contributed by atoms with Crippen LogP contribution < -0.4 is 40.2 Å². The highest BCUT2D eigenvalue weighted by Crippen LogP contribution is 2.57. The average molecular weight is 587 g/mol. The third kappa shape index (κ3) is 5.83. The number of rotatable bonds is 10. The van der Waals surface area contributed by atoms with Crippen molar-refractivity contribution >= 4 is 49.0 Å². The normalized spacial score (nSPS) is 13.0. The van der Waals surface area contributed by atoms with E-state index in [4.69, 9.17) is 23.7 Å². The Kier molecular flexibility index (Phi) is 8.68. The van der Waals surface area contributed by atoms with Gasteiger partial charge in [-0.2, -0.15) is 0 Å². The number of esters is 2. The molecule has 0 amide bonds. The van der Waals surface area contributed by atoms with Crippen molar-refractivity contribution in [2.45, 2.75) is 0 Å². The second kappa shape index (κ2) is 12.6. The lowest BCUT2D eigenvalue weighted by Gasteiger charge is -2.24. The Bertz CT molecular complexity index is 1350. The number of carbonyl (C=O) groups excluding carboxylic acids is 2. The van der Waals surface area contributed by atoms with Gasteiger partial charge in [0.15, 0.2) is 0 Å². The number of hydrogen-bond donors (Lipinski definition) is 0. The molecule has 0 saturated heterocycles. The SMILES string of the molecule is COc1ccc(P(C2=C(P(c3ccc(OC)cc3)c3ccc(OC)cc3)C(=O)OC2=O)c2ccc(OC)cc2)cc1. The largest absolute Gasteiger partial charge is 0.497 e. The van der Waals surface area contributed by atoms with Gasteiger partial charge in [-0.25, -0.2) is 9.59 Å². The standard InChI is InChI=1S/C32H28O7P2/c1-35-21-5-13-25(14-6-21)40(26-15-7-22(36-2)8-16-26)29-30(32(34)39-31(29)33)41(27-17-9-23(37-3)10-18-27)28-19-11-24(38-4)12-20-28/h5-20H,1-4H3. The van der Waals surface area contributed by atoms with Crippen LogP contribution in [-0.2, 0) is 14.3 Å². The van der Waals surface area contributed by atoms with E-state index in [9.17, 15) is 9.59 Å². The Morgan fingerprint density at radius 3 is 0.829 bits per heavy atom. The van der Waals surface area contributed by atoms with Crippen molar-refractivity contribution in [2.75, 3.05) is 28.4 Å². The molecule has 9 heteroatoms. The minimum atomic E-state index is -1.48. The van der Waals surface area contributed by atoms with Gasteiger partial charge in [-0.1, -0.05) is 48.5 Å². The van der Waals surface area contributed by atoms with Crippen molar-refractivity contribution in [2.24, 2.45) is 0 Å². The molecule has 208 valence electrons. The number of ether oxygens (including phenoxy) is 5. The van der Waals surface area contributed by atoms with E-state index in [1.807, 2.05) is 97.1 Å². The third-order valence-corrected chi connectivity index (χ3v) is 11.7. The van der Waals surface area contributed by atoms with Crippen molar-refractivity contribution in [3.63, 3.8) is 0 Å². The molecule has 4 aromatic carbocycles. The summed E-state index contributed by atoms with van der Waals surface area (Å²) in [7, 11) is 3.44. The van der Waals surface area contributed by atoms with Crippen molar-refractivity contribution in [1.82, 2.24) is 0 Å². The molecule has 1 heterocycles. The Morgan fingerprint density at radius 2 is 0.634 bits per heavy atom. The van der Waals surface area contributed by atoms with Gasteiger partial charge in [0.05, 0.1) is 39.1 Å². The fourth-order valence-corrected chi connectivity index (χ4v) is 9.59. The first kappa shape index (κ1) is 28.4. The zero-order chi connectivity index (χ0) is 28.9. The Labute approximate surface area is 241 Å². The van der Waals surface area contributed by atoms with Gasteiger partial charge in [0, 0.05) is 0 Å². The molecule has 1 aliphatic heterocycles. The first-order chi connectivity index (χ1) is 20.0. The fourth-order valence-electron chi connectivity index (χ4n) is 4.51. The summed E-state index contributed by atoms with van der Waals surface area (Å²) >= 11 is 0. The molecule has 0 radical (unpaired) electrons. The maximum atomic E-state index is 13.6. The number of benzene rings is 4. The van der Waals surface area contributed by atoms with Crippen LogP contribution in [0.25, 0.3) is 0 Å². The van der Waals surface area contributed by atoms with Crippen molar-refractivity contribution < 1.29 is 33.3 Å². The first-order valence-electron chi connectivity index (χ1n) is 12.6. The molecule has 0 unspecified atom stereocenters. The van der Waals surface area contributed by atoms with Crippen molar-refractivity contribution in [1.29, 1.82) is 0 Å². The van der Waals surface area contributed by atoms with Crippen molar-refractivity contribution in [3.8, 4) is 23.0 Å². The molecule has 0 aromatic heterocycles. The molecular weight excluding hydrogens is 558 g/mol. The molecule has 0 atom stereocenters. The molecule has 5 rings (SSSR count). The predicted molar refractivity (Wildman–Crippen MR) is 162 cm³/mol. The Balaban J connectivity index is 1.77. The minimum absolute atomic E-state index is 0.373. The summed E-state index contributed by atoms with van der Waals surface area (Å²) in [5.41, 5.74) is 0. The van der Waals surface area contributed by atoms with E-state index in [1.54, 1.807) is 28.4 Å². The van der Waals surface area contributed by atoms with Crippen LogP contribution >= 0.6 is 15.8 Å². The fraction of sp³-hybridized carbons (Fsp3) is 0.125. The molecule has 1 aliphatic rings. The van der Waals surface area contributed by atoms with E-state index in [0.717, 1.165) is 21.2 Å². The van der Waals surface area contributed by atoms with Gasteiger partial charge < -0.3 is 23.7 Å². The van der Waals surface area contributed by atoms with Gasteiger partial charge in [-0.05, 0) is 85.6 Å². The van der Waals surface area contributed by atoms with E-state index in [1.165, 1.54) is 0 Å². The first-order valence-corrected chi connectivity index (χ1v) is 15.3. The molecule has 0 saturated carbocycles. The molecule has 0 fully saturated rings. The third-order valence-electron chi connectivity index (χ3n) is 6.57.